The maximum Gasteiger partial charge on any atom is 0.257 e. The Morgan fingerprint density at radius 2 is 2.06 bits per heavy atom. The van der Waals surface area contributed by atoms with Gasteiger partial charge in [0, 0.05) is 33.1 Å². The lowest BCUT2D eigenvalue weighted by atomic mass is 10.0. The van der Waals surface area contributed by atoms with Gasteiger partial charge in [-0.1, -0.05) is 0 Å². The zero-order chi connectivity index (χ0) is 13.1. The van der Waals surface area contributed by atoms with Crippen LogP contribution in [0.4, 0.5) is 0 Å². The van der Waals surface area contributed by atoms with E-state index in [4.69, 9.17) is 4.42 Å². The van der Waals surface area contributed by atoms with E-state index in [1.54, 1.807) is 17.9 Å². The first-order chi connectivity index (χ1) is 8.59. The maximum absolute atomic E-state index is 12.1. The van der Waals surface area contributed by atoms with Gasteiger partial charge in [-0.2, -0.15) is 0 Å². The van der Waals surface area contributed by atoms with Gasteiger partial charge in [0.1, 0.15) is 6.26 Å². The number of likely N-dealkylation sites (tertiary alicyclic amines) is 1. The number of nitrogens with zero attached hydrogens (tertiary/aromatic N) is 2. The van der Waals surface area contributed by atoms with Crippen LogP contribution < -0.4 is 0 Å². The zero-order valence-electron chi connectivity index (χ0n) is 10.8. The summed E-state index contributed by atoms with van der Waals surface area (Å²) in [6.07, 6.45) is 4.64. The van der Waals surface area contributed by atoms with E-state index in [2.05, 4.69) is 0 Å². The average Bonchev–Trinajstić information content (AvgIpc) is 2.91. The minimum Gasteiger partial charge on any atom is -0.472 e. The van der Waals surface area contributed by atoms with Gasteiger partial charge >= 0.3 is 0 Å². The number of furan rings is 1. The van der Waals surface area contributed by atoms with E-state index < -0.39 is 0 Å². The minimum absolute atomic E-state index is 0.00711. The van der Waals surface area contributed by atoms with Crippen LogP contribution in [0.25, 0.3) is 0 Å². The second-order valence-corrected chi connectivity index (χ2v) is 4.67. The average molecular weight is 250 g/mol. The molecular weight excluding hydrogens is 232 g/mol. The van der Waals surface area contributed by atoms with E-state index in [9.17, 15) is 9.59 Å². The summed E-state index contributed by atoms with van der Waals surface area (Å²) >= 11 is 0. The van der Waals surface area contributed by atoms with Crippen molar-refractivity contribution in [3.63, 3.8) is 0 Å². The second kappa shape index (κ2) is 5.25. The van der Waals surface area contributed by atoms with Gasteiger partial charge in [0.25, 0.3) is 5.91 Å². The van der Waals surface area contributed by atoms with Gasteiger partial charge in [-0.25, -0.2) is 0 Å². The van der Waals surface area contributed by atoms with Crippen molar-refractivity contribution in [2.45, 2.75) is 25.8 Å². The molecule has 18 heavy (non-hydrogen) atoms. The Morgan fingerprint density at radius 1 is 1.39 bits per heavy atom. The lowest BCUT2D eigenvalue weighted by Gasteiger charge is -2.36. The molecule has 5 heteroatoms. The molecule has 0 bridgehead atoms. The van der Waals surface area contributed by atoms with Crippen molar-refractivity contribution in [2.24, 2.45) is 0 Å². The van der Waals surface area contributed by atoms with Gasteiger partial charge in [-0.05, 0) is 18.9 Å². The molecule has 2 heterocycles. The lowest BCUT2D eigenvalue weighted by molar-refractivity contribution is -0.130. The lowest BCUT2D eigenvalue weighted by Crippen LogP contribution is -2.46. The highest BCUT2D eigenvalue weighted by Gasteiger charge is 2.27. The van der Waals surface area contributed by atoms with Crippen molar-refractivity contribution >= 4 is 11.8 Å². The van der Waals surface area contributed by atoms with E-state index in [0.29, 0.717) is 18.7 Å². The van der Waals surface area contributed by atoms with Gasteiger partial charge in [0.15, 0.2) is 0 Å². The van der Waals surface area contributed by atoms with Crippen molar-refractivity contribution in [2.75, 3.05) is 20.1 Å². The molecule has 5 nitrogen and oxygen atoms in total. The van der Waals surface area contributed by atoms with Crippen LogP contribution in [0.1, 0.15) is 30.1 Å². The molecule has 0 saturated carbocycles. The van der Waals surface area contributed by atoms with E-state index in [1.165, 1.54) is 12.5 Å². The molecule has 0 unspecified atom stereocenters. The maximum atomic E-state index is 12.1. The molecule has 1 saturated heterocycles. The topological polar surface area (TPSA) is 53.8 Å². The van der Waals surface area contributed by atoms with E-state index in [-0.39, 0.29) is 17.9 Å². The Hall–Kier alpha value is -1.78. The third kappa shape index (κ3) is 2.55. The van der Waals surface area contributed by atoms with E-state index in [0.717, 1.165) is 12.8 Å². The molecule has 2 amide bonds. The van der Waals surface area contributed by atoms with Crippen LogP contribution >= 0.6 is 0 Å². The third-order valence-corrected chi connectivity index (χ3v) is 3.56. The molecule has 1 aromatic heterocycles. The number of hydrogen-bond donors (Lipinski definition) is 0. The van der Waals surface area contributed by atoms with Crippen molar-refractivity contribution < 1.29 is 14.0 Å². The van der Waals surface area contributed by atoms with Crippen LogP contribution in [0.15, 0.2) is 23.0 Å². The predicted octanol–water partition coefficient (Wildman–Crippen LogP) is 1.36. The fourth-order valence-corrected chi connectivity index (χ4v) is 2.28. The summed E-state index contributed by atoms with van der Waals surface area (Å²) in [7, 11) is 1.82. The number of hydrogen-bond acceptors (Lipinski definition) is 3. The zero-order valence-corrected chi connectivity index (χ0v) is 10.8. The molecule has 0 aliphatic carbocycles. The van der Waals surface area contributed by atoms with E-state index >= 15 is 0 Å². The molecule has 0 radical (unpaired) electrons. The minimum atomic E-state index is 0.00711. The Morgan fingerprint density at radius 3 is 2.56 bits per heavy atom. The molecule has 1 aromatic rings. The monoisotopic (exact) mass is 250 g/mol. The van der Waals surface area contributed by atoms with Gasteiger partial charge < -0.3 is 14.2 Å². The molecule has 0 spiro atoms. The van der Waals surface area contributed by atoms with Crippen LogP contribution in [0.2, 0.25) is 0 Å². The Bertz CT molecular complexity index is 419. The molecule has 2 rings (SSSR count). The summed E-state index contributed by atoms with van der Waals surface area (Å²) in [6, 6.07) is 1.92. The van der Waals surface area contributed by atoms with Gasteiger partial charge in [0.2, 0.25) is 5.91 Å². The number of carbonyl (C=O) groups is 2. The smallest absolute Gasteiger partial charge is 0.257 e. The first-order valence-corrected chi connectivity index (χ1v) is 6.14. The van der Waals surface area contributed by atoms with Crippen LogP contribution in [-0.4, -0.2) is 47.8 Å². The summed E-state index contributed by atoms with van der Waals surface area (Å²) in [5.41, 5.74) is 0.591. The van der Waals surface area contributed by atoms with Crippen LogP contribution in [0.5, 0.6) is 0 Å². The number of carbonyl (C=O) groups excluding carboxylic acids is 2. The normalized spacial score (nSPS) is 16.7. The van der Waals surface area contributed by atoms with Crippen molar-refractivity contribution in [1.29, 1.82) is 0 Å². The SMILES string of the molecule is CC(=O)N(C)C1CCN(C(=O)c2ccoc2)CC1. The fraction of sp³-hybridized carbons (Fsp3) is 0.538. The summed E-state index contributed by atoms with van der Waals surface area (Å²) in [5, 5.41) is 0. The molecule has 1 aliphatic heterocycles. The number of amides is 2. The first kappa shape index (κ1) is 12.7. The van der Waals surface area contributed by atoms with Crippen LogP contribution in [-0.2, 0) is 4.79 Å². The highest BCUT2D eigenvalue weighted by Crippen LogP contribution is 2.17. The first-order valence-electron chi connectivity index (χ1n) is 6.14. The molecule has 0 N–H and O–H groups in total. The fourth-order valence-electron chi connectivity index (χ4n) is 2.28. The molecule has 1 fully saturated rings. The largest absolute Gasteiger partial charge is 0.472 e. The Balaban J connectivity index is 1.91. The van der Waals surface area contributed by atoms with Crippen molar-refractivity contribution in [3.05, 3.63) is 24.2 Å². The van der Waals surface area contributed by atoms with Crippen LogP contribution in [0.3, 0.4) is 0 Å². The second-order valence-electron chi connectivity index (χ2n) is 4.67. The molecule has 0 atom stereocenters. The van der Waals surface area contributed by atoms with Crippen molar-refractivity contribution in [3.8, 4) is 0 Å². The van der Waals surface area contributed by atoms with Gasteiger partial charge in [-0.15, -0.1) is 0 Å². The molecule has 1 aliphatic rings. The molecule has 98 valence electrons. The highest BCUT2D eigenvalue weighted by atomic mass is 16.3. The van der Waals surface area contributed by atoms with Gasteiger partial charge in [0.05, 0.1) is 11.8 Å². The number of piperidine rings is 1. The summed E-state index contributed by atoms with van der Waals surface area (Å²) in [6.45, 7) is 2.95. The highest BCUT2D eigenvalue weighted by molar-refractivity contribution is 5.93. The number of rotatable bonds is 2. The molecular formula is C13H18N2O3. The van der Waals surface area contributed by atoms with Crippen LogP contribution in [0, 0.1) is 0 Å². The Labute approximate surface area is 106 Å². The summed E-state index contributed by atoms with van der Waals surface area (Å²) in [4.78, 5) is 26.9. The van der Waals surface area contributed by atoms with Crippen molar-refractivity contribution in [1.82, 2.24) is 9.80 Å². The molecule has 0 aromatic carbocycles. The Kier molecular flexibility index (Phi) is 3.69. The summed E-state index contributed by atoms with van der Waals surface area (Å²) in [5.74, 6) is 0.0855. The third-order valence-electron chi connectivity index (χ3n) is 3.56. The standard InChI is InChI=1S/C13H18N2O3/c1-10(16)14(2)12-3-6-15(7-4-12)13(17)11-5-8-18-9-11/h5,8-9,12H,3-4,6-7H2,1-2H3. The summed E-state index contributed by atoms with van der Waals surface area (Å²) < 4.78 is 4.92. The van der Waals surface area contributed by atoms with E-state index in [1.807, 2.05) is 11.9 Å². The van der Waals surface area contributed by atoms with Gasteiger partial charge in [-0.3, -0.25) is 9.59 Å². The quantitative estimate of drug-likeness (QED) is 0.796. The predicted molar refractivity (Wildman–Crippen MR) is 66.1 cm³/mol.